The predicted molar refractivity (Wildman–Crippen MR) is 98.0 cm³/mol. The fourth-order valence-corrected chi connectivity index (χ4v) is 4.20. The van der Waals surface area contributed by atoms with E-state index in [1.165, 1.54) is 6.07 Å². The van der Waals surface area contributed by atoms with Crippen LogP contribution in [0.4, 0.5) is 14.9 Å². The largest absolute Gasteiger partial charge is 0.495 e. The Morgan fingerprint density at radius 2 is 2.17 bits per heavy atom. The van der Waals surface area contributed by atoms with Crippen molar-refractivity contribution in [1.82, 2.24) is 4.90 Å². The van der Waals surface area contributed by atoms with Gasteiger partial charge in [0.1, 0.15) is 16.9 Å². The first kappa shape index (κ1) is 17.1. The Morgan fingerprint density at radius 1 is 1.38 bits per heavy atom. The summed E-state index contributed by atoms with van der Waals surface area (Å²) in [7, 11) is 1.57. The summed E-state index contributed by atoms with van der Waals surface area (Å²) in [5.41, 5.74) is 1.52. The summed E-state index contributed by atoms with van der Waals surface area (Å²) in [6.07, 6.45) is 0. The van der Waals surface area contributed by atoms with E-state index in [9.17, 15) is 9.18 Å². The topological polar surface area (TPSA) is 41.6 Å². The van der Waals surface area contributed by atoms with Crippen LogP contribution in [0.3, 0.4) is 0 Å². The number of halogens is 2. The number of urea groups is 1. The monoisotopic (exact) mass is 410 g/mol. The van der Waals surface area contributed by atoms with Gasteiger partial charge in [-0.2, -0.15) is 0 Å². The highest BCUT2D eigenvalue weighted by atomic mass is 79.9. The van der Waals surface area contributed by atoms with Crippen LogP contribution in [-0.4, -0.2) is 30.3 Å². The lowest BCUT2D eigenvalue weighted by Gasteiger charge is -2.25. The van der Waals surface area contributed by atoms with Crippen LogP contribution in [0.1, 0.15) is 10.9 Å². The van der Waals surface area contributed by atoms with Crippen LogP contribution in [0, 0.1) is 5.82 Å². The van der Waals surface area contributed by atoms with Crippen LogP contribution in [0.5, 0.6) is 5.75 Å². The van der Waals surface area contributed by atoms with Gasteiger partial charge in [-0.1, -0.05) is 18.2 Å². The Labute approximate surface area is 152 Å². The Hall–Kier alpha value is -1.73. The summed E-state index contributed by atoms with van der Waals surface area (Å²) in [5.74, 6) is 1.13. The third-order valence-corrected chi connectivity index (χ3v) is 5.60. The highest BCUT2D eigenvalue weighted by Crippen LogP contribution is 2.39. The number of rotatable bonds is 3. The van der Waals surface area contributed by atoms with Crippen molar-refractivity contribution in [1.29, 1.82) is 0 Å². The van der Waals surface area contributed by atoms with Crippen LogP contribution in [0.25, 0.3) is 0 Å². The van der Waals surface area contributed by atoms with E-state index < -0.39 is 0 Å². The Kier molecular flexibility index (Phi) is 5.30. The second kappa shape index (κ2) is 7.44. The van der Waals surface area contributed by atoms with Crippen LogP contribution in [-0.2, 0) is 0 Å². The maximum atomic E-state index is 13.5. The maximum absolute atomic E-state index is 13.5. The number of para-hydroxylation sites is 2. The molecule has 3 rings (SSSR count). The second-order valence-corrected chi connectivity index (χ2v) is 7.26. The number of carbonyl (C=O) groups is 1. The Balaban J connectivity index is 1.79. The average molecular weight is 411 g/mol. The SMILES string of the molecule is COc1ccccc1NC(=O)N1CCS[C@H]1c1ccc(F)c(Br)c1. The fraction of sp³-hybridized carbons (Fsp3) is 0.235. The van der Waals surface area contributed by atoms with Gasteiger partial charge in [-0.15, -0.1) is 11.8 Å². The number of carbonyl (C=O) groups excluding carboxylic acids is 1. The Bertz CT molecular complexity index is 759. The third kappa shape index (κ3) is 3.52. The van der Waals surface area contributed by atoms with Gasteiger partial charge in [-0.25, -0.2) is 9.18 Å². The molecule has 2 aromatic rings. The zero-order chi connectivity index (χ0) is 17.1. The molecule has 4 nitrogen and oxygen atoms in total. The first-order valence-corrected chi connectivity index (χ1v) is 9.21. The minimum atomic E-state index is -0.313. The van der Waals surface area contributed by atoms with Gasteiger partial charge in [-0.05, 0) is 45.8 Å². The molecule has 0 aliphatic carbocycles. The van der Waals surface area contributed by atoms with E-state index in [2.05, 4.69) is 21.2 Å². The van der Waals surface area contributed by atoms with Gasteiger partial charge in [0.2, 0.25) is 0 Å². The zero-order valence-corrected chi connectivity index (χ0v) is 15.4. The van der Waals surface area contributed by atoms with Gasteiger partial charge in [0.05, 0.1) is 17.3 Å². The lowest BCUT2D eigenvalue weighted by Crippen LogP contribution is -2.34. The van der Waals surface area contributed by atoms with Crippen molar-refractivity contribution in [3.05, 3.63) is 58.3 Å². The molecule has 126 valence electrons. The number of methoxy groups -OCH3 is 1. The molecule has 1 heterocycles. The minimum Gasteiger partial charge on any atom is -0.495 e. The molecule has 0 bridgehead atoms. The van der Waals surface area contributed by atoms with Crippen LogP contribution < -0.4 is 10.1 Å². The maximum Gasteiger partial charge on any atom is 0.323 e. The molecule has 0 saturated carbocycles. The smallest absolute Gasteiger partial charge is 0.323 e. The number of anilines is 1. The van der Waals surface area contributed by atoms with Gasteiger partial charge in [0.15, 0.2) is 0 Å². The first-order chi connectivity index (χ1) is 11.6. The van der Waals surface area contributed by atoms with Gasteiger partial charge >= 0.3 is 6.03 Å². The molecule has 1 fully saturated rings. The van der Waals surface area contributed by atoms with Crippen molar-refractivity contribution < 1.29 is 13.9 Å². The number of ether oxygens (including phenoxy) is 1. The van der Waals surface area contributed by atoms with E-state index >= 15 is 0 Å². The molecule has 1 N–H and O–H groups in total. The molecule has 1 atom stereocenters. The number of hydrogen-bond acceptors (Lipinski definition) is 3. The van der Waals surface area contributed by atoms with E-state index in [4.69, 9.17) is 4.74 Å². The standard InChI is InChI=1S/C17H16BrFN2O2S/c1-23-15-5-3-2-4-14(15)20-17(22)21-8-9-24-16(21)11-6-7-13(19)12(18)10-11/h2-7,10,16H,8-9H2,1H3,(H,20,22)/t16-/m0/s1. The molecule has 1 aliphatic rings. The van der Waals surface area contributed by atoms with Crippen LogP contribution in [0.2, 0.25) is 0 Å². The van der Waals surface area contributed by atoms with E-state index in [0.717, 1.165) is 11.3 Å². The molecular formula is C17H16BrFN2O2S. The molecule has 2 amide bonds. The summed E-state index contributed by atoms with van der Waals surface area (Å²) in [5, 5.41) is 2.75. The number of hydrogen-bond donors (Lipinski definition) is 1. The summed E-state index contributed by atoms with van der Waals surface area (Å²) in [6.45, 7) is 0.630. The van der Waals surface area contributed by atoms with E-state index in [1.54, 1.807) is 48.0 Å². The van der Waals surface area contributed by atoms with Crippen LogP contribution >= 0.6 is 27.7 Å². The molecule has 0 aromatic heterocycles. The van der Waals surface area contributed by atoms with Gasteiger partial charge in [0.25, 0.3) is 0 Å². The van der Waals surface area contributed by atoms with Crippen molar-refractivity contribution in [2.75, 3.05) is 24.7 Å². The average Bonchev–Trinajstić information content (AvgIpc) is 3.07. The number of nitrogens with zero attached hydrogens (tertiary/aromatic N) is 1. The quantitative estimate of drug-likeness (QED) is 0.783. The third-order valence-electron chi connectivity index (χ3n) is 3.73. The van der Waals surface area contributed by atoms with Crippen molar-refractivity contribution >= 4 is 39.4 Å². The van der Waals surface area contributed by atoms with Crippen molar-refractivity contribution in [2.24, 2.45) is 0 Å². The number of benzene rings is 2. The number of thioether (sulfide) groups is 1. The molecule has 2 aromatic carbocycles. The van der Waals surface area contributed by atoms with Crippen molar-refractivity contribution in [2.45, 2.75) is 5.37 Å². The van der Waals surface area contributed by atoms with E-state index in [0.29, 0.717) is 22.5 Å². The summed E-state index contributed by atoms with van der Waals surface area (Å²) >= 11 is 4.86. The normalized spacial score (nSPS) is 17.0. The molecule has 0 radical (unpaired) electrons. The van der Waals surface area contributed by atoms with Gasteiger partial charge in [-0.3, -0.25) is 0 Å². The highest BCUT2D eigenvalue weighted by Gasteiger charge is 2.31. The minimum absolute atomic E-state index is 0.142. The molecule has 7 heteroatoms. The second-order valence-electron chi connectivity index (χ2n) is 5.22. The first-order valence-electron chi connectivity index (χ1n) is 7.37. The van der Waals surface area contributed by atoms with Crippen molar-refractivity contribution in [3.63, 3.8) is 0 Å². The van der Waals surface area contributed by atoms with E-state index in [1.807, 2.05) is 12.1 Å². The Morgan fingerprint density at radius 3 is 2.92 bits per heavy atom. The lowest BCUT2D eigenvalue weighted by atomic mass is 10.2. The molecule has 24 heavy (non-hydrogen) atoms. The van der Waals surface area contributed by atoms with Crippen molar-refractivity contribution in [3.8, 4) is 5.75 Å². The molecule has 1 aliphatic heterocycles. The summed E-state index contributed by atoms with van der Waals surface area (Å²) < 4.78 is 19.1. The molecular weight excluding hydrogens is 395 g/mol. The number of amides is 2. The summed E-state index contributed by atoms with van der Waals surface area (Å²) in [4.78, 5) is 14.4. The van der Waals surface area contributed by atoms with Gasteiger partial charge in [0, 0.05) is 12.3 Å². The zero-order valence-electron chi connectivity index (χ0n) is 13.0. The van der Waals surface area contributed by atoms with Gasteiger partial charge < -0.3 is 15.0 Å². The molecule has 1 saturated heterocycles. The molecule has 0 unspecified atom stereocenters. The highest BCUT2D eigenvalue weighted by molar-refractivity contribution is 9.10. The number of nitrogens with one attached hydrogen (secondary N) is 1. The fourth-order valence-electron chi connectivity index (χ4n) is 2.56. The van der Waals surface area contributed by atoms with E-state index in [-0.39, 0.29) is 17.2 Å². The predicted octanol–water partition coefficient (Wildman–Crippen LogP) is 4.88. The summed E-state index contributed by atoms with van der Waals surface area (Å²) in [6, 6.07) is 11.9. The molecule has 0 spiro atoms. The van der Waals surface area contributed by atoms with Crippen LogP contribution in [0.15, 0.2) is 46.9 Å². The lowest BCUT2D eigenvalue weighted by molar-refractivity contribution is 0.214.